The molecule has 0 aromatic heterocycles. The monoisotopic (exact) mass is 308 g/mol. The Hall–Kier alpha value is -1.36. The molecular weight excluding hydrogens is 296 g/mol. The van der Waals surface area contributed by atoms with Crippen molar-refractivity contribution in [1.82, 2.24) is 0 Å². The van der Waals surface area contributed by atoms with E-state index in [1.807, 2.05) is 30.3 Å². The Morgan fingerprint density at radius 2 is 1.90 bits per heavy atom. The molecule has 0 bridgehead atoms. The summed E-state index contributed by atoms with van der Waals surface area (Å²) in [5.41, 5.74) is 0.744. The Kier molecular flexibility index (Phi) is 4.05. The van der Waals surface area contributed by atoms with Crippen molar-refractivity contribution in [3.63, 3.8) is 0 Å². The summed E-state index contributed by atoms with van der Waals surface area (Å²) in [6.07, 6.45) is 0. The third-order valence-corrected chi connectivity index (χ3v) is 4.42. The summed E-state index contributed by atoms with van der Waals surface area (Å²) in [6, 6.07) is 11.4. The quantitative estimate of drug-likeness (QED) is 0.937. The van der Waals surface area contributed by atoms with Gasteiger partial charge in [0.05, 0.1) is 6.61 Å². The Morgan fingerprint density at radius 3 is 2.70 bits per heavy atom. The minimum atomic E-state index is -0.0768. The Bertz CT molecular complexity index is 631. The second kappa shape index (κ2) is 5.95. The molecule has 0 saturated heterocycles. The zero-order valence-electron chi connectivity index (χ0n) is 10.6. The summed E-state index contributed by atoms with van der Waals surface area (Å²) < 4.78 is 11.1. The highest BCUT2D eigenvalue weighted by molar-refractivity contribution is 7.99. The first kappa shape index (κ1) is 13.6. The molecule has 3 rings (SSSR count). The molecule has 1 aliphatic rings. The van der Waals surface area contributed by atoms with E-state index in [0.717, 1.165) is 26.9 Å². The molecule has 0 amide bonds. The number of rotatable bonds is 3. The van der Waals surface area contributed by atoms with Crippen LogP contribution in [0.2, 0.25) is 5.02 Å². The van der Waals surface area contributed by atoms with Crippen LogP contribution in [0.25, 0.3) is 0 Å². The molecule has 2 aromatic carbocycles. The predicted molar refractivity (Wildman–Crippen MR) is 78.9 cm³/mol. The van der Waals surface area contributed by atoms with Gasteiger partial charge in [0, 0.05) is 20.4 Å². The topological polar surface area (TPSA) is 38.7 Å². The molecule has 1 heterocycles. The summed E-state index contributed by atoms with van der Waals surface area (Å²) in [5, 5.41) is 10.0. The molecule has 0 fully saturated rings. The fourth-order valence-electron chi connectivity index (χ4n) is 2.00. The number of fused-ring (bicyclic) bond motifs is 1. The van der Waals surface area contributed by atoms with Gasteiger partial charge in [-0.15, -0.1) is 0 Å². The number of ether oxygens (including phenoxy) is 2. The first-order valence-electron chi connectivity index (χ1n) is 6.23. The molecule has 2 aromatic rings. The molecule has 0 unspecified atom stereocenters. The molecule has 20 heavy (non-hydrogen) atoms. The van der Waals surface area contributed by atoms with Crippen LogP contribution in [0.3, 0.4) is 0 Å². The van der Waals surface area contributed by atoms with Gasteiger partial charge < -0.3 is 14.6 Å². The van der Waals surface area contributed by atoms with Gasteiger partial charge in [-0.1, -0.05) is 29.4 Å². The fraction of sp³-hybridized carbons (Fsp3) is 0.200. The zero-order valence-corrected chi connectivity index (χ0v) is 12.2. The van der Waals surface area contributed by atoms with Crippen LogP contribution in [0.15, 0.2) is 46.2 Å². The van der Waals surface area contributed by atoms with Gasteiger partial charge in [-0.05, 0) is 30.3 Å². The van der Waals surface area contributed by atoms with Crippen molar-refractivity contribution < 1.29 is 14.6 Å². The highest BCUT2D eigenvalue weighted by Crippen LogP contribution is 2.39. The molecular formula is C15H13ClO3S. The van der Waals surface area contributed by atoms with Crippen molar-refractivity contribution in [2.24, 2.45) is 0 Å². The first-order chi connectivity index (χ1) is 9.78. The lowest BCUT2D eigenvalue weighted by molar-refractivity contribution is 0.171. The maximum absolute atomic E-state index is 9.43. The second-order valence-electron chi connectivity index (χ2n) is 4.28. The number of hydrogen-bond acceptors (Lipinski definition) is 4. The molecule has 5 heteroatoms. The normalized spacial score (nSPS) is 13.3. The van der Waals surface area contributed by atoms with E-state index in [9.17, 15) is 5.11 Å². The van der Waals surface area contributed by atoms with Crippen molar-refractivity contribution in [3.8, 4) is 11.5 Å². The Morgan fingerprint density at radius 1 is 1.10 bits per heavy atom. The smallest absolute Gasteiger partial charge is 0.162 e. The molecule has 1 aliphatic heterocycles. The number of aliphatic hydroxyl groups excluding tert-OH is 1. The SMILES string of the molecule is OCc1c(Cl)cccc1Sc1ccc2c(c1)OCCO2. The van der Waals surface area contributed by atoms with E-state index in [2.05, 4.69) is 0 Å². The van der Waals surface area contributed by atoms with Gasteiger partial charge in [0.1, 0.15) is 13.2 Å². The fourth-order valence-corrected chi connectivity index (χ4v) is 3.29. The summed E-state index contributed by atoms with van der Waals surface area (Å²) in [7, 11) is 0. The summed E-state index contributed by atoms with van der Waals surface area (Å²) in [4.78, 5) is 1.96. The van der Waals surface area contributed by atoms with Crippen LogP contribution < -0.4 is 9.47 Å². The predicted octanol–water partition coefficient (Wildman–Crippen LogP) is 3.75. The van der Waals surface area contributed by atoms with Crippen LogP contribution >= 0.6 is 23.4 Å². The lowest BCUT2D eigenvalue weighted by Gasteiger charge is -2.19. The molecule has 1 N–H and O–H groups in total. The third kappa shape index (κ3) is 2.73. The van der Waals surface area contributed by atoms with Gasteiger partial charge in [0.15, 0.2) is 11.5 Å². The number of hydrogen-bond donors (Lipinski definition) is 1. The lowest BCUT2D eigenvalue weighted by Crippen LogP contribution is -2.15. The van der Waals surface area contributed by atoms with Crippen LogP contribution in [0, 0.1) is 0 Å². The Balaban J connectivity index is 1.90. The molecule has 0 saturated carbocycles. The van der Waals surface area contributed by atoms with Gasteiger partial charge in [-0.25, -0.2) is 0 Å². The van der Waals surface area contributed by atoms with Gasteiger partial charge in [-0.2, -0.15) is 0 Å². The molecule has 3 nitrogen and oxygen atoms in total. The molecule has 0 aliphatic carbocycles. The molecule has 0 spiro atoms. The van der Waals surface area contributed by atoms with E-state index in [4.69, 9.17) is 21.1 Å². The third-order valence-electron chi connectivity index (χ3n) is 2.98. The van der Waals surface area contributed by atoms with Gasteiger partial charge in [0.2, 0.25) is 0 Å². The first-order valence-corrected chi connectivity index (χ1v) is 7.43. The summed E-state index contributed by atoms with van der Waals surface area (Å²) in [5.74, 6) is 1.53. The van der Waals surface area contributed by atoms with Gasteiger partial charge in [0.25, 0.3) is 0 Å². The molecule has 0 radical (unpaired) electrons. The van der Waals surface area contributed by atoms with Crippen LogP contribution in [0.5, 0.6) is 11.5 Å². The molecule has 0 atom stereocenters. The number of aliphatic hydroxyl groups is 1. The standard InChI is InChI=1S/C15H13ClO3S/c16-12-2-1-3-15(11(12)9-17)20-10-4-5-13-14(8-10)19-7-6-18-13/h1-5,8,17H,6-7,9H2. The van der Waals surface area contributed by atoms with Crippen LogP contribution in [-0.4, -0.2) is 18.3 Å². The highest BCUT2D eigenvalue weighted by atomic mass is 35.5. The van der Waals surface area contributed by atoms with Crippen molar-refractivity contribution in [2.75, 3.05) is 13.2 Å². The van der Waals surface area contributed by atoms with E-state index in [-0.39, 0.29) is 6.61 Å². The van der Waals surface area contributed by atoms with Crippen molar-refractivity contribution >= 4 is 23.4 Å². The van der Waals surface area contributed by atoms with E-state index < -0.39 is 0 Å². The minimum absolute atomic E-state index is 0.0768. The largest absolute Gasteiger partial charge is 0.486 e. The van der Waals surface area contributed by atoms with Crippen molar-refractivity contribution in [2.45, 2.75) is 16.4 Å². The average molecular weight is 309 g/mol. The van der Waals surface area contributed by atoms with Gasteiger partial charge >= 0.3 is 0 Å². The van der Waals surface area contributed by atoms with Crippen molar-refractivity contribution in [1.29, 1.82) is 0 Å². The summed E-state index contributed by atoms with van der Waals surface area (Å²) >= 11 is 7.64. The van der Waals surface area contributed by atoms with Crippen molar-refractivity contribution in [3.05, 3.63) is 47.0 Å². The number of benzene rings is 2. The van der Waals surface area contributed by atoms with Crippen LogP contribution in [0.4, 0.5) is 0 Å². The van der Waals surface area contributed by atoms with Crippen LogP contribution in [-0.2, 0) is 6.61 Å². The van der Waals surface area contributed by atoms with E-state index in [0.29, 0.717) is 18.2 Å². The maximum Gasteiger partial charge on any atom is 0.162 e. The zero-order chi connectivity index (χ0) is 13.9. The van der Waals surface area contributed by atoms with Crippen LogP contribution in [0.1, 0.15) is 5.56 Å². The highest BCUT2D eigenvalue weighted by Gasteiger charge is 2.13. The van der Waals surface area contributed by atoms with E-state index in [1.54, 1.807) is 17.8 Å². The lowest BCUT2D eigenvalue weighted by atomic mass is 10.2. The van der Waals surface area contributed by atoms with Gasteiger partial charge in [-0.3, -0.25) is 0 Å². The maximum atomic E-state index is 9.43. The summed E-state index contributed by atoms with van der Waals surface area (Å²) in [6.45, 7) is 1.08. The Labute approximate surface area is 126 Å². The second-order valence-corrected chi connectivity index (χ2v) is 5.80. The van der Waals surface area contributed by atoms with E-state index in [1.165, 1.54) is 0 Å². The van der Waals surface area contributed by atoms with E-state index >= 15 is 0 Å². The minimum Gasteiger partial charge on any atom is -0.486 e. The number of halogens is 1. The molecule has 104 valence electrons. The average Bonchev–Trinajstić information content (AvgIpc) is 2.47.